The second kappa shape index (κ2) is 9.91. The van der Waals surface area contributed by atoms with Gasteiger partial charge in [0.15, 0.2) is 0 Å². The minimum atomic E-state index is -0.0458. The van der Waals surface area contributed by atoms with Crippen molar-refractivity contribution < 1.29 is 14.3 Å². The Hall–Kier alpha value is -2.09. The molecule has 0 bridgehead atoms. The fourth-order valence-electron chi connectivity index (χ4n) is 3.24. The van der Waals surface area contributed by atoms with Gasteiger partial charge in [0.2, 0.25) is 5.91 Å². The lowest BCUT2D eigenvalue weighted by Crippen LogP contribution is -2.36. The molecule has 1 fully saturated rings. The van der Waals surface area contributed by atoms with E-state index in [1.807, 2.05) is 54.4 Å². The number of morpholine rings is 1. The van der Waals surface area contributed by atoms with E-state index in [0.717, 1.165) is 53.5 Å². The molecule has 150 valence electrons. The number of anilines is 2. The quantitative estimate of drug-likeness (QED) is 0.704. The summed E-state index contributed by atoms with van der Waals surface area (Å²) in [7, 11) is 3.57. The molecule has 1 heterocycles. The number of carbonyl (C=O) groups is 1. The molecule has 1 saturated heterocycles. The third-order valence-electron chi connectivity index (χ3n) is 4.62. The molecule has 2 aromatic carbocycles. The number of carbonyl (C=O) groups excluding carboxylic acids is 1. The number of amides is 1. The molecule has 1 aliphatic rings. The van der Waals surface area contributed by atoms with Crippen molar-refractivity contribution in [3.63, 3.8) is 0 Å². The van der Waals surface area contributed by atoms with Gasteiger partial charge in [-0.2, -0.15) is 0 Å². The molecule has 0 aliphatic carbocycles. The minimum Gasteiger partial charge on any atom is -0.496 e. The average molecular weight is 448 g/mol. The lowest BCUT2D eigenvalue weighted by Gasteiger charge is -2.28. The predicted molar refractivity (Wildman–Crippen MR) is 115 cm³/mol. The SMILES string of the molecule is COc1ccc(Br)cc1CN(C)CC(=O)Nc1ccc(N2CCOCC2)cc1. The van der Waals surface area contributed by atoms with Crippen molar-refractivity contribution in [3.8, 4) is 5.75 Å². The summed E-state index contributed by atoms with van der Waals surface area (Å²) < 4.78 is 11.8. The number of nitrogens with zero attached hydrogens (tertiary/aromatic N) is 2. The second-order valence-electron chi connectivity index (χ2n) is 6.82. The molecule has 28 heavy (non-hydrogen) atoms. The van der Waals surface area contributed by atoms with E-state index in [2.05, 4.69) is 26.1 Å². The first-order chi connectivity index (χ1) is 13.5. The van der Waals surface area contributed by atoms with Crippen LogP contribution in [-0.2, 0) is 16.1 Å². The summed E-state index contributed by atoms with van der Waals surface area (Å²) in [6.45, 7) is 4.22. The van der Waals surface area contributed by atoms with Crippen LogP contribution in [0.4, 0.5) is 11.4 Å². The van der Waals surface area contributed by atoms with E-state index in [-0.39, 0.29) is 5.91 Å². The molecule has 7 heteroatoms. The van der Waals surface area contributed by atoms with Crippen LogP contribution in [0.2, 0.25) is 0 Å². The van der Waals surface area contributed by atoms with Crippen LogP contribution >= 0.6 is 15.9 Å². The zero-order valence-electron chi connectivity index (χ0n) is 16.3. The molecule has 1 amide bonds. The molecule has 0 saturated carbocycles. The molecular weight excluding hydrogens is 422 g/mol. The normalized spacial score (nSPS) is 14.2. The molecule has 0 atom stereocenters. The first-order valence-corrected chi connectivity index (χ1v) is 10.1. The highest BCUT2D eigenvalue weighted by atomic mass is 79.9. The Labute approximate surface area is 174 Å². The molecule has 0 radical (unpaired) electrons. The van der Waals surface area contributed by atoms with E-state index in [4.69, 9.17) is 9.47 Å². The molecule has 3 rings (SSSR count). The number of methoxy groups -OCH3 is 1. The first-order valence-electron chi connectivity index (χ1n) is 9.29. The van der Waals surface area contributed by atoms with Crippen LogP contribution in [0.3, 0.4) is 0 Å². The Bertz CT molecular complexity index is 792. The topological polar surface area (TPSA) is 54.0 Å². The van der Waals surface area contributed by atoms with Crippen LogP contribution in [-0.4, -0.2) is 57.8 Å². The molecular formula is C21H26BrN3O3. The van der Waals surface area contributed by atoms with Gasteiger partial charge < -0.3 is 19.7 Å². The second-order valence-corrected chi connectivity index (χ2v) is 7.74. The summed E-state index contributed by atoms with van der Waals surface area (Å²) in [5.74, 6) is 0.768. The van der Waals surface area contributed by atoms with E-state index in [9.17, 15) is 4.79 Å². The molecule has 1 aliphatic heterocycles. The number of hydrogen-bond acceptors (Lipinski definition) is 5. The average Bonchev–Trinajstić information content (AvgIpc) is 2.69. The summed E-state index contributed by atoms with van der Waals surface area (Å²) >= 11 is 3.48. The van der Waals surface area contributed by atoms with Crippen molar-refractivity contribution in [2.45, 2.75) is 6.54 Å². The Morgan fingerprint density at radius 2 is 1.93 bits per heavy atom. The zero-order chi connectivity index (χ0) is 19.9. The number of rotatable bonds is 7. The summed E-state index contributed by atoms with van der Waals surface area (Å²) in [5.41, 5.74) is 2.98. The van der Waals surface area contributed by atoms with Crippen LogP contribution in [0.15, 0.2) is 46.9 Å². The third kappa shape index (κ3) is 5.70. The van der Waals surface area contributed by atoms with Gasteiger partial charge in [0, 0.05) is 41.0 Å². The molecule has 1 N–H and O–H groups in total. The smallest absolute Gasteiger partial charge is 0.238 e. The van der Waals surface area contributed by atoms with E-state index in [1.165, 1.54) is 0 Å². The van der Waals surface area contributed by atoms with Gasteiger partial charge in [0.1, 0.15) is 5.75 Å². The highest BCUT2D eigenvalue weighted by molar-refractivity contribution is 9.10. The Morgan fingerprint density at radius 3 is 2.61 bits per heavy atom. The number of ether oxygens (including phenoxy) is 2. The molecule has 2 aromatic rings. The van der Waals surface area contributed by atoms with Gasteiger partial charge in [0.25, 0.3) is 0 Å². The maximum Gasteiger partial charge on any atom is 0.238 e. The summed E-state index contributed by atoms with van der Waals surface area (Å²) in [6.07, 6.45) is 0. The molecule has 6 nitrogen and oxygen atoms in total. The number of halogens is 1. The van der Waals surface area contributed by atoms with Crippen molar-refractivity contribution in [3.05, 3.63) is 52.5 Å². The molecule has 0 unspecified atom stereocenters. The van der Waals surface area contributed by atoms with Gasteiger partial charge in [-0.15, -0.1) is 0 Å². The number of benzene rings is 2. The Morgan fingerprint density at radius 1 is 1.21 bits per heavy atom. The first kappa shape index (κ1) is 20.6. The van der Waals surface area contributed by atoms with Crippen molar-refractivity contribution in [2.24, 2.45) is 0 Å². The highest BCUT2D eigenvalue weighted by Gasteiger charge is 2.13. The lowest BCUT2D eigenvalue weighted by atomic mass is 10.2. The zero-order valence-corrected chi connectivity index (χ0v) is 17.9. The van der Waals surface area contributed by atoms with Crippen LogP contribution in [0.5, 0.6) is 5.75 Å². The Balaban J connectivity index is 1.52. The third-order valence-corrected chi connectivity index (χ3v) is 5.12. The van der Waals surface area contributed by atoms with Crippen molar-refractivity contribution in [1.29, 1.82) is 0 Å². The standard InChI is InChI=1S/C21H26BrN3O3/c1-24(14-16-13-17(22)3-8-20(16)27-2)15-21(26)23-18-4-6-19(7-5-18)25-9-11-28-12-10-25/h3-8,13H,9-12,14-15H2,1-2H3,(H,23,26). The van der Waals surface area contributed by atoms with Crippen LogP contribution in [0.1, 0.15) is 5.56 Å². The van der Waals surface area contributed by atoms with Crippen molar-refractivity contribution in [2.75, 3.05) is 57.2 Å². The highest BCUT2D eigenvalue weighted by Crippen LogP contribution is 2.24. The predicted octanol–water partition coefficient (Wildman–Crippen LogP) is 3.36. The molecule has 0 spiro atoms. The number of hydrogen-bond donors (Lipinski definition) is 1. The minimum absolute atomic E-state index is 0.0458. The van der Waals surface area contributed by atoms with Crippen molar-refractivity contribution >= 4 is 33.2 Å². The fraction of sp³-hybridized carbons (Fsp3) is 0.381. The Kier molecular flexibility index (Phi) is 7.30. The maximum atomic E-state index is 12.4. The largest absolute Gasteiger partial charge is 0.496 e. The van der Waals surface area contributed by atoms with Crippen LogP contribution in [0, 0.1) is 0 Å². The van der Waals surface area contributed by atoms with Crippen molar-refractivity contribution in [1.82, 2.24) is 4.90 Å². The van der Waals surface area contributed by atoms with E-state index in [1.54, 1.807) is 7.11 Å². The van der Waals surface area contributed by atoms with E-state index < -0.39 is 0 Å². The van der Waals surface area contributed by atoms with Crippen LogP contribution in [0.25, 0.3) is 0 Å². The van der Waals surface area contributed by atoms with Gasteiger partial charge in [-0.25, -0.2) is 0 Å². The number of nitrogens with one attached hydrogen (secondary N) is 1. The summed E-state index contributed by atoms with van der Waals surface area (Å²) in [6, 6.07) is 13.8. The monoisotopic (exact) mass is 447 g/mol. The van der Waals surface area contributed by atoms with Gasteiger partial charge in [-0.1, -0.05) is 15.9 Å². The summed E-state index contributed by atoms with van der Waals surface area (Å²) in [5, 5.41) is 2.96. The number of likely N-dealkylation sites (N-methyl/N-ethyl adjacent to an activating group) is 1. The van der Waals surface area contributed by atoms with Gasteiger partial charge >= 0.3 is 0 Å². The maximum absolute atomic E-state index is 12.4. The summed E-state index contributed by atoms with van der Waals surface area (Å²) in [4.78, 5) is 16.6. The lowest BCUT2D eigenvalue weighted by molar-refractivity contribution is -0.117. The van der Waals surface area contributed by atoms with E-state index >= 15 is 0 Å². The fourth-order valence-corrected chi connectivity index (χ4v) is 3.65. The van der Waals surface area contributed by atoms with Crippen LogP contribution < -0.4 is 15.0 Å². The molecule has 0 aromatic heterocycles. The van der Waals surface area contributed by atoms with E-state index in [0.29, 0.717) is 13.1 Å². The van der Waals surface area contributed by atoms with Gasteiger partial charge in [-0.05, 0) is 49.5 Å². The van der Waals surface area contributed by atoms with Gasteiger partial charge in [0.05, 0.1) is 26.9 Å². The van der Waals surface area contributed by atoms with Gasteiger partial charge in [-0.3, -0.25) is 9.69 Å².